The first kappa shape index (κ1) is 8.11. The molecule has 0 aliphatic carbocycles. The van der Waals surface area contributed by atoms with Gasteiger partial charge in [-0.25, -0.2) is 4.68 Å². The standard InChI is InChI=1S/C11H10N4/c12-11-5-7-15(14-11)10-3-1-2-9-8(10)4-6-13-9/h1-7,13H,(H2,12,14). The van der Waals surface area contributed by atoms with E-state index in [9.17, 15) is 0 Å². The van der Waals surface area contributed by atoms with Gasteiger partial charge in [0.25, 0.3) is 0 Å². The summed E-state index contributed by atoms with van der Waals surface area (Å²) < 4.78 is 1.78. The molecule has 4 heteroatoms. The summed E-state index contributed by atoms with van der Waals surface area (Å²) in [7, 11) is 0. The molecule has 1 aromatic carbocycles. The van der Waals surface area contributed by atoms with Crippen LogP contribution in [0.15, 0.2) is 42.7 Å². The average Bonchev–Trinajstić information content (AvgIpc) is 2.84. The Kier molecular flexibility index (Phi) is 1.56. The van der Waals surface area contributed by atoms with Crippen molar-refractivity contribution >= 4 is 16.7 Å². The summed E-state index contributed by atoms with van der Waals surface area (Å²) >= 11 is 0. The van der Waals surface area contributed by atoms with Crippen LogP contribution in [0.2, 0.25) is 0 Å². The number of anilines is 1. The lowest BCUT2D eigenvalue weighted by Crippen LogP contribution is -1.96. The summed E-state index contributed by atoms with van der Waals surface area (Å²) in [6, 6.07) is 9.86. The third-order valence-electron chi connectivity index (χ3n) is 2.43. The summed E-state index contributed by atoms with van der Waals surface area (Å²) in [6.45, 7) is 0. The molecule has 0 spiro atoms. The van der Waals surface area contributed by atoms with Crippen LogP contribution in [0.3, 0.4) is 0 Å². The second-order valence-electron chi connectivity index (χ2n) is 3.40. The fourth-order valence-electron chi connectivity index (χ4n) is 1.74. The molecule has 4 nitrogen and oxygen atoms in total. The number of nitrogens with two attached hydrogens (primary N) is 1. The van der Waals surface area contributed by atoms with Crippen LogP contribution >= 0.6 is 0 Å². The van der Waals surface area contributed by atoms with E-state index in [1.54, 1.807) is 10.7 Å². The molecule has 3 rings (SSSR count). The zero-order valence-electron chi connectivity index (χ0n) is 8.01. The first-order valence-corrected chi connectivity index (χ1v) is 4.72. The lowest BCUT2D eigenvalue weighted by Gasteiger charge is -2.02. The van der Waals surface area contributed by atoms with Gasteiger partial charge in [-0.3, -0.25) is 0 Å². The Morgan fingerprint density at radius 3 is 2.93 bits per heavy atom. The Morgan fingerprint density at radius 1 is 1.20 bits per heavy atom. The molecule has 0 saturated heterocycles. The van der Waals surface area contributed by atoms with Gasteiger partial charge in [0.2, 0.25) is 0 Å². The van der Waals surface area contributed by atoms with Gasteiger partial charge in [-0.05, 0) is 18.2 Å². The lowest BCUT2D eigenvalue weighted by atomic mass is 10.2. The van der Waals surface area contributed by atoms with Gasteiger partial charge in [0, 0.05) is 29.4 Å². The van der Waals surface area contributed by atoms with Crippen molar-refractivity contribution < 1.29 is 0 Å². The number of fused-ring (bicyclic) bond motifs is 1. The first-order valence-electron chi connectivity index (χ1n) is 4.72. The molecule has 0 radical (unpaired) electrons. The minimum Gasteiger partial charge on any atom is -0.382 e. The molecular formula is C11H10N4. The molecule has 2 aromatic heterocycles. The van der Waals surface area contributed by atoms with E-state index in [1.807, 2.05) is 36.7 Å². The van der Waals surface area contributed by atoms with Crippen LogP contribution in [0.1, 0.15) is 0 Å². The predicted octanol–water partition coefficient (Wildman–Crippen LogP) is 1.94. The van der Waals surface area contributed by atoms with Crippen LogP contribution in [-0.2, 0) is 0 Å². The molecule has 3 N–H and O–H groups in total. The second-order valence-corrected chi connectivity index (χ2v) is 3.40. The Morgan fingerprint density at radius 2 is 2.13 bits per heavy atom. The molecule has 74 valence electrons. The SMILES string of the molecule is Nc1ccn(-c2cccc3[nH]ccc23)n1. The van der Waals surface area contributed by atoms with Crippen molar-refractivity contribution in [1.29, 1.82) is 0 Å². The molecule has 0 atom stereocenters. The normalized spacial score (nSPS) is 10.9. The number of hydrogen-bond acceptors (Lipinski definition) is 2. The third-order valence-corrected chi connectivity index (χ3v) is 2.43. The molecule has 2 heterocycles. The molecule has 0 amide bonds. The predicted molar refractivity (Wildman–Crippen MR) is 59.8 cm³/mol. The highest BCUT2D eigenvalue weighted by Gasteiger charge is 2.04. The number of H-pyrrole nitrogens is 1. The highest BCUT2D eigenvalue weighted by molar-refractivity contribution is 5.87. The van der Waals surface area contributed by atoms with Crippen molar-refractivity contribution in [2.75, 3.05) is 5.73 Å². The van der Waals surface area contributed by atoms with E-state index in [2.05, 4.69) is 10.1 Å². The highest BCUT2D eigenvalue weighted by Crippen LogP contribution is 2.20. The fourth-order valence-corrected chi connectivity index (χ4v) is 1.74. The van der Waals surface area contributed by atoms with Crippen molar-refractivity contribution in [3.8, 4) is 5.69 Å². The van der Waals surface area contributed by atoms with Crippen LogP contribution < -0.4 is 5.73 Å². The molecular weight excluding hydrogens is 188 g/mol. The van der Waals surface area contributed by atoms with Crippen molar-refractivity contribution in [1.82, 2.24) is 14.8 Å². The Labute approximate surface area is 86.3 Å². The van der Waals surface area contributed by atoms with Gasteiger partial charge in [0.15, 0.2) is 0 Å². The minimum atomic E-state index is 0.530. The Balaban J connectivity index is 2.30. The number of aromatic amines is 1. The first-order chi connectivity index (χ1) is 7.34. The zero-order valence-corrected chi connectivity index (χ0v) is 8.01. The largest absolute Gasteiger partial charge is 0.382 e. The van der Waals surface area contributed by atoms with Gasteiger partial charge in [0.1, 0.15) is 5.82 Å². The lowest BCUT2D eigenvalue weighted by molar-refractivity contribution is 0.893. The second kappa shape index (κ2) is 2.88. The third kappa shape index (κ3) is 1.19. The quantitative estimate of drug-likeness (QED) is 0.627. The summed E-state index contributed by atoms with van der Waals surface area (Å²) in [5, 5.41) is 5.33. The van der Waals surface area contributed by atoms with Crippen molar-refractivity contribution in [3.05, 3.63) is 42.7 Å². The number of hydrogen-bond donors (Lipinski definition) is 2. The van der Waals surface area contributed by atoms with Crippen LogP contribution in [0, 0.1) is 0 Å². The number of aromatic nitrogens is 3. The molecule has 0 saturated carbocycles. The molecule has 0 fully saturated rings. The van der Waals surface area contributed by atoms with Gasteiger partial charge in [-0.15, -0.1) is 0 Å². The number of rotatable bonds is 1. The van der Waals surface area contributed by atoms with Crippen LogP contribution in [0.25, 0.3) is 16.6 Å². The summed E-state index contributed by atoms with van der Waals surface area (Å²) in [6.07, 6.45) is 3.78. The summed E-state index contributed by atoms with van der Waals surface area (Å²) in [5.41, 5.74) is 7.73. The highest BCUT2D eigenvalue weighted by atomic mass is 15.3. The van der Waals surface area contributed by atoms with E-state index in [4.69, 9.17) is 5.73 Å². The zero-order chi connectivity index (χ0) is 10.3. The van der Waals surface area contributed by atoms with Crippen molar-refractivity contribution in [2.24, 2.45) is 0 Å². The molecule has 15 heavy (non-hydrogen) atoms. The molecule has 0 aliphatic rings. The fraction of sp³-hybridized carbons (Fsp3) is 0. The van der Waals surface area contributed by atoms with Gasteiger partial charge in [0.05, 0.1) is 5.69 Å². The number of nitrogen functional groups attached to an aromatic ring is 1. The molecule has 3 aromatic rings. The van der Waals surface area contributed by atoms with E-state index < -0.39 is 0 Å². The molecule has 0 aliphatic heterocycles. The van der Waals surface area contributed by atoms with Gasteiger partial charge >= 0.3 is 0 Å². The van der Waals surface area contributed by atoms with Crippen molar-refractivity contribution in [3.63, 3.8) is 0 Å². The maximum atomic E-state index is 5.60. The summed E-state index contributed by atoms with van der Waals surface area (Å²) in [4.78, 5) is 3.16. The van der Waals surface area contributed by atoms with E-state index in [0.717, 1.165) is 16.6 Å². The van der Waals surface area contributed by atoms with Gasteiger partial charge in [-0.1, -0.05) is 6.07 Å². The van der Waals surface area contributed by atoms with Crippen LogP contribution in [0.4, 0.5) is 5.82 Å². The molecule has 0 bridgehead atoms. The van der Waals surface area contributed by atoms with E-state index in [0.29, 0.717) is 5.82 Å². The van der Waals surface area contributed by atoms with E-state index in [-0.39, 0.29) is 0 Å². The van der Waals surface area contributed by atoms with Crippen LogP contribution in [-0.4, -0.2) is 14.8 Å². The maximum absolute atomic E-state index is 5.60. The average molecular weight is 198 g/mol. The Hall–Kier alpha value is -2.23. The number of benzene rings is 1. The minimum absolute atomic E-state index is 0.530. The van der Waals surface area contributed by atoms with E-state index in [1.165, 1.54) is 0 Å². The number of nitrogens with zero attached hydrogens (tertiary/aromatic N) is 2. The topological polar surface area (TPSA) is 59.6 Å². The molecule has 0 unspecified atom stereocenters. The van der Waals surface area contributed by atoms with Crippen molar-refractivity contribution in [2.45, 2.75) is 0 Å². The smallest absolute Gasteiger partial charge is 0.145 e. The van der Waals surface area contributed by atoms with Gasteiger partial charge < -0.3 is 10.7 Å². The van der Waals surface area contributed by atoms with Gasteiger partial charge in [-0.2, -0.15) is 5.10 Å². The summed E-state index contributed by atoms with van der Waals surface area (Å²) in [5.74, 6) is 0.530. The van der Waals surface area contributed by atoms with Crippen LogP contribution in [0.5, 0.6) is 0 Å². The maximum Gasteiger partial charge on any atom is 0.145 e. The Bertz CT molecular complexity index is 606. The monoisotopic (exact) mass is 198 g/mol. The van der Waals surface area contributed by atoms with E-state index >= 15 is 0 Å². The number of nitrogens with one attached hydrogen (secondary N) is 1.